The van der Waals surface area contributed by atoms with E-state index in [2.05, 4.69) is 62.4 Å². The van der Waals surface area contributed by atoms with Crippen molar-refractivity contribution >= 4 is 5.96 Å². The van der Waals surface area contributed by atoms with E-state index in [9.17, 15) is 0 Å². The predicted molar refractivity (Wildman–Crippen MR) is 91.1 cm³/mol. The highest BCUT2D eigenvalue weighted by Gasteiger charge is 2.31. The number of nitrogens with one attached hydrogen (secondary N) is 1. The molecule has 1 atom stereocenters. The van der Waals surface area contributed by atoms with Gasteiger partial charge in [0.1, 0.15) is 0 Å². The first-order valence-electron chi connectivity index (χ1n) is 8.18. The fraction of sp³-hybridized carbons (Fsp3) is 0.588. The maximum atomic E-state index is 4.43. The molecule has 3 fully saturated rings. The monoisotopic (exact) mass is 301 g/mol. The molecular weight excluding hydrogens is 274 g/mol. The molecule has 0 aliphatic carbocycles. The minimum absolute atomic E-state index is 0.615. The lowest BCUT2D eigenvalue weighted by Gasteiger charge is -2.47. The molecule has 0 amide bonds. The van der Waals surface area contributed by atoms with Crippen LogP contribution in [-0.4, -0.2) is 80.1 Å². The summed E-state index contributed by atoms with van der Waals surface area (Å²) in [6, 6.07) is 11.1. The molecule has 1 unspecified atom stereocenters. The first kappa shape index (κ1) is 15.3. The average Bonchev–Trinajstić information content (AvgIpc) is 2.57. The summed E-state index contributed by atoms with van der Waals surface area (Å²) in [6.07, 6.45) is 0. The molecule has 4 rings (SSSR count). The first-order valence-corrected chi connectivity index (χ1v) is 8.18. The number of nitrogens with zero attached hydrogens (tertiary/aromatic N) is 4. The van der Waals surface area contributed by atoms with Crippen molar-refractivity contribution in [3.8, 4) is 0 Å². The van der Waals surface area contributed by atoms with Crippen LogP contribution in [0.4, 0.5) is 0 Å². The van der Waals surface area contributed by atoms with E-state index in [4.69, 9.17) is 0 Å². The van der Waals surface area contributed by atoms with Crippen molar-refractivity contribution in [1.82, 2.24) is 20.0 Å². The molecule has 0 radical (unpaired) electrons. The predicted octanol–water partition coefficient (Wildman–Crippen LogP) is 0.694. The Morgan fingerprint density at radius 1 is 1.23 bits per heavy atom. The molecule has 5 nitrogen and oxygen atoms in total. The standard InChI is InChI=1S/C17H27N5/c1-18-17(20(2)13-15-6-4-3-5-7-15)19-12-16-14-21-8-10-22(16)11-9-21/h3-7,16H,8-14H2,1-2H3,(H,18,19). The molecule has 22 heavy (non-hydrogen) atoms. The molecule has 0 saturated carbocycles. The van der Waals surface area contributed by atoms with E-state index < -0.39 is 0 Å². The normalized spacial score (nSPS) is 27.7. The smallest absolute Gasteiger partial charge is 0.193 e. The van der Waals surface area contributed by atoms with Gasteiger partial charge < -0.3 is 10.2 Å². The van der Waals surface area contributed by atoms with Crippen LogP contribution >= 0.6 is 0 Å². The van der Waals surface area contributed by atoms with E-state index in [1.165, 1.54) is 38.3 Å². The lowest BCUT2D eigenvalue weighted by Crippen LogP contribution is -2.63. The van der Waals surface area contributed by atoms with Gasteiger partial charge in [0.2, 0.25) is 0 Å². The van der Waals surface area contributed by atoms with Crippen LogP contribution in [0.1, 0.15) is 5.56 Å². The third kappa shape index (κ3) is 3.59. The van der Waals surface area contributed by atoms with E-state index >= 15 is 0 Å². The van der Waals surface area contributed by atoms with Gasteiger partial charge in [-0.2, -0.15) is 0 Å². The number of piperazine rings is 3. The highest BCUT2D eigenvalue weighted by Crippen LogP contribution is 2.14. The average molecular weight is 301 g/mol. The van der Waals surface area contributed by atoms with Gasteiger partial charge in [0, 0.05) is 66.0 Å². The van der Waals surface area contributed by atoms with Crippen LogP contribution in [0.5, 0.6) is 0 Å². The second-order valence-electron chi connectivity index (χ2n) is 6.26. The molecular formula is C17H27N5. The fourth-order valence-electron chi connectivity index (χ4n) is 3.44. The van der Waals surface area contributed by atoms with Crippen LogP contribution in [0.2, 0.25) is 0 Å². The summed E-state index contributed by atoms with van der Waals surface area (Å²) in [5.74, 6) is 0.974. The second-order valence-corrected chi connectivity index (χ2v) is 6.26. The highest BCUT2D eigenvalue weighted by atomic mass is 15.4. The van der Waals surface area contributed by atoms with E-state index in [1.54, 1.807) is 0 Å². The van der Waals surface area contributed by atoms with Gasteiger partial charge in [0.05, 0.1) is 0 Å². The van der Waals surface area contributed by atoms with Gasteiger partial charge in [-0.3, -0.25) is 14.8 Å². The number of aliphatic imine (C=N–C) groups is 1. The Morgan fingerprint density at radius 2 is 1.95 bits per heavy atom. The third-order valence-electron chi connectivity index (χ3n) is 4.72. The molecule has 3 saturated heterocycles. The van der Waals surface area contributed by atoms with Crippen LogP contribution in [0.3, 0.4) is 0 Å². The number of hydrogen-bond acceptors (Lipinski definition) is 3. The van der Waals surface area contributed by atoms with Gasteiger partial charge in [-0.05, 0) is 5.56 Å². The van der Waals surface area contributed by atoms with E-state index in [1.807, 2.05) is 7.05 Å². The van der Waals surface area contributed by atoms with E-state index in [0.717, 1.165) is 19.0 Å². The van der Waals surface area contributed by atoms with Crippen molar-refractivity contribution in [2.24, 2.45) is 4.99 Å². The number of rotatable bonds is 4. The third-order valence-corrected chi connectivity index (χ3v) is 4.72. The van der Waals surface area contributed by atoms with E-state index in [0.29, 0.717) is 6.04 Å². The highest BCUT2D eigenvalue weighted by molar-refractivity contribution is 5.79. The molecule has 0 spiro atoms. The summed E-state index contributed by atoms with van der Waals surface area (Å²) >= 11 is 0. The summed E-state index contributed by atoms with van der Waals surface area (Å²) < 4.78 is 0. The molecule has 3 aliphatic heterocycles. The van der Waals surface area contributed by atoms with Gasteiger partial charge in [-0.15, -0.1) is 0 Å². The minimum Gasteiger partial charge on any atom is -0.355 e. The Labute approximate surface area is 133 Å². The quantitative estimate of drug-likeness (QED) is 0.655. The topological polar surface area (TPSA) is 34.1 Å². The SMILES string of the molecule is CN=C(NCC1CN2CCN1CC2)N(C)Cc1ccccc1. The van der Waals surface area contributed by atoms with Crippen LogP contribution in [-0.2, 0) is 6.54 Å². The van der Waals surface area contributed by atoms with Crippen LogP contribution in [0.15, 0.2) is 35.3 Å². The molecule has 3 aliphatic rings. The van der Waals surface area contributed by atoms with Gasteiger partial charge in [0.15, 0.2) is 5.96 Å². The molecule has 0 aromatic heterocycles. The Morgan fingerprint density at radius 3 is 2.55 bits per heavy atom. The van der Waals surface area contributed by atoms with Gasteiger partial charge in [-0.25, -0.2) is 0 Å². The number of guanidine groups is 1. The van der Waals surface area contributed by atoms with Crippen LogP contribution in [0, 0.1) is 0 Å². The Bertz CT molecular complexity index is 493. The maximum Gasteiger partial charge on any atom is 0.193 e. The lowest BCUT2D eigenvalue weighted by atomic mass is 10.1. The molecule has 120 valence electrons. The van der Waals surface area contributed by atoms with Crippen molar-refractivity contribution in [3.63, 3.8) is 0 Å². The molecule has 1 aromatic carbocycles. The zero-order chi connectivity index (χ0) is 15.4. The van der Waals surface area contributed by atoms with Gasteiger partial charge in [-0.1, -0.05) is 30.3 Å². The van der Waals surface area contributed by atoms with Crippen molar-refractivity contribution in [2.75, 3.05) is 53.4 Å². The Balaban J connectivity index is 1.51. The van der Waals surface area contributed by atoms with E-state index in [-0.39, 0.29) is 0 Å². The molecule has 5 heteroatoms. The second kappa shape index (κ2) is 7.11. The number of hydrogen-bond donors (Lipinski definition) is 1. The molecule has 3 heterocycles. The summed E-state index contributed by atoms with van der Waals surface area (Å²) in [7, 11) is 3.96. The van der Waals surface area contributed by atoms with Gasteiger partial charge in [0.25, 0.3) is 0 Å². The van der Waals surface area contributed by atoms with Crippen molar-refractivity contribution < 1.29 is 0 Å². The first-order chi connectivity index (χ1) is 10.8. The van der Waals surface area contributed by atoms with Crippen LogP contribution < -0.4 is 5.32 Å². The molecule has 1 N–H and O–H groups in total. The number of benzene rings is 1. The summed E-state index contributed by atoms with van der Waals surface area (Å²) in [5.41, 5.74) is 1.31. The van der Waals surface area contributed by atoms with Crippen LogP contribution in [0.25, 0.3) is 0 Å². The van der Waals surface area contributed by atoms with Gasteiger partial charge >= 0.3 is 0 Å². The zero-order valence-electron chi connectivity index (χ0n) is 13.7. The minimum atomic E-state index is 0.615. The number of fused-ring (bicyclic) bond motifs is 3. The fourth-order valence-corrected chi connectivity index (χ4v) is 3.44. The maximum absolute atomic E-state index is 4.43. The van der Waals surface area contributed by atoms with Crippen molar-refractivity contribution in [2.45, 2.75) is 12.6 Å². The molecule has 1 aromatic rings. The van der Waals surface area contributed by atoms with Crippen molar-refractivity contribution in [3.05, 3.63) is 35.9 Å². The Kier molecular flexibility index (Phi) is 4.95. The lowest BCUT2D eigenvalue weighted by molar-refractivity contribution is 0.0152. The summed E-state index contributed by atoms with van der Waals surface area (Å²) in [6.45, 7) is 7.93. The summed E-state index contributed by atoms with van der Waals surface area (Å²) in [4.78, 5) is 11.8. The van der Waals surface area contributed by atoms with Crippen molar-refractivity contribution in [1.29, 1.82) is 0 Å². The zero-order valence-corrected chi connectivity index (χ0v) is 13.7. The molecule has 2 bridgehead atoms. The Hall–Kier alpha value is -1.59. The largest absolute Gasteiger partial charge is 0.355 e. The summed E-state index contributed by atoms with van der Waals surface area (Å²) in [5, 5.41) is 3.55.